The zero-order chi connectivity index (χ0) is 22.0. The van der Waals surface area contributed by atoms with Crippen LogP contribution in [0.4, 0.5) is 0 Å². The first-order valence-corrected chi connectivity index (χ1v) is 11.9. The molecule has 0 saturated heterocycles. The first-order chi connectivity index (χ1) is 14.4. The third-order valence-corrected chi connectivity index (χ3v) is 7.11. The summed E-state index contributed by atoms with van der Waals surface area (Å²) in [7, 11) is 1.20. The van der Waals surface area contributed by atoms with E-state index in [2.05, 4.69) is 29.9 Å². The van der Waals surface area contributed by atoms with Gasteiger partial charge >= 0.3 is 5.97 Å². The van der Waals surface area contributed by atoms with E-state index in [-0.39, 0.29) is 6.42 Å². The number of carbonyl (C=O) groups excluding carboxylic acids is 1. The van der Waals surface area contributed by atoms with Gasteiger partial charge in [0.05, 0.1) is 7.11 Å². The van der Waals surface area contributed by atoms with Gasteiger partial charge in [-0.2, -0.15) is 0 Å². The third kappa shape index (κ3) is 5.95. The van der Waals surface area contributed by atoms with Crippen molar-refractivity contribution in [2.24, 2.45) is 17.3 Å². The zero-order valence-electron chi connectivity index (χ0n) is 18.9. The second-order valence-electron chi connectivity index (χ2n) is 9.18. The number of allylic oxidation sites excluding steroid dienone is 4. The van der Waals surface area contributed by atoms with E-state index < -0.39 is 23.3 Å². The Hall–Kier alpha value is -1.17. The fourth-order valence-electron chi connectivity index (χ4n) is 4.97. The van der Waals surface area contributed by atoms with E-state index in [1.54, 1.807) is 0 Å². The van der Waals surface area contributed by atoms with Crippen LogP contribution in [0.3, 0.4) is 0 Å². The molecule has 5 heteroatoms. The number of esters is 1. The van der Waals surface area contributed by atoms with Crippen LogP contribution in [0.5, 0.6) is 0 Å². The number of hydrogen-bond donors (Lipinski definition) is 3. The molecule has 2 rings (SSSR count). The van der Waals surface area contributed by atoms with Crippen molar-refractivity contribution in [2.45, 2.75) is 102 Å². The molecule has 0 bridgehead atoms. The average molecular weight is 423 g/mol. The Morgan fingerprint density at radius 1 is 1.03 bits per heavy atom. The van der Waals surface area contributed by atoms with Crippen LogP contribution in [0.15, 0.2) is 24.3 Å². The smallest absolute Gasteiger partial charge is 0.320 e. The lowest BCUT2D eigenvalue weighted by molar-refractivity contribution is -0.163. The first-order valence-electron chi connectivity index (χ1n) is 11.9. The second kappa shape index (κ2) is 12.0. The minimum atomic E-state index is -2.38. The van der Waals surface area contributed by atoms with Crippen LogP contribution in [0.2, 0.25) is 0 Å². The number of aliphatic hydroxyl groups is 3. The quantitative estimate of drug-likeness (QED) is 0.164. The molecule has 4 atom stereocenters. The predicted octanol–water partition coefficient (Wildman–Crippen LogP) is 4.65. The highest BCUT2D eigenvalue weighted by molar-refractivity contribution is 5.83. The van der Waals surface area contributed by atoms with Crippen molar-refractivity contribution in [1.29, 1.82) is 0 Å². The summed E-state index contributed by atoms with van der Waals surface area (Å²) in [5.41, 5.74) is -1.61. The number of methoxy groups -OCH3 is 1. The number of hydrogen-bond acceptors (Lipinski definition) is 5. The van der Waals surface area contributed by atoms with E-state index in [1.165, 1.54) is 71.3 Å². The molecule has 0 amide bonds. The molecule has 2 unspecified atom stereocenters. The van der Waals surface area contributed by atoms with Crippen molar-refractivity contribution in [3.63, 3.8) is 0 Å². The van der Waals surface area contributed by atoms with Crippen molar-refractivity contribution in [1.82, 2.24) is 0 Å². The molecule has 172 valence electrons. The number of carbonyl (C=O) groups is 1. The summed E-state index contributed by atoms with van der Waals surface area (Å²) in [5.74, 6) is -1.83. The summed E-state index contributed by atoms with van der Waals surface area (Å²) in [6, 6.07) is 0. The molecule has 0 spiro atoms. The Labute approximate surface area is 182 Å². The molecule has 30 heavy (non-hydrogen) atoms. The summed E-state index contributed by atoms with van der Waals surface area (Å²) >= 11 is 0. The van der Waals surface area contributed by atoms with Gasteiger partial charge in [0.1, 0.15) is 6.10 Å². The number of unbranched alkanes of at least 4 members (excludes halogenated alkanes) is 6. The van der Waals surface area contributed by atoms with Crippen LogP contribution in [0.1, 0.15) is 90.4 Å². The van der Waals surface area contributed by atoms with Gasteiger partial charge in [-0.15, -0.1) is 0 Å². The maximum absolute atomic E-state index is 11.9. The van der Waals surface area contributed by atoms with Gasteiger partial charge in [0, 0.05) is 0 Å². The molecule has 5 nitrogen and oxygen atoms in total. The van der Waals surface area contributed by atoms with Crippen LogP contribution in [-0.2, 0) is 9.53 Å². The summed E-state index contributed by atoms with van der Waals surface area (Å²) in [6.07, 6.45) is 22.1. The number of ether oxygens (including phenoxy) is 1. The fraction of sp³-hybridized carbons (Fsp3) is 0.800. The molecule has 0 aromatic rings. The normalized spacial score (nSPS) is 30.4. The largest absolute Gasteiger partial charge is 0.468 e. The van der Waals surface area contributed by atoms with Gasteiger partial charge in [0.2, 0.25) is 5.79 Å². The summed E-state index contributed by atoms with van der Waals surface area (Å²) in [4.78, 5) is 11.9. The van der Waals surface area contributed by atoms with Gasteiger partial charge in [-0.25, -0.2) is 0 Å². The lowest BCUT2D eigenvalue weighted by Crippen LogP contribution is -2.29. The topological polar surface area (TPSA) is 87.0 Å². The maximum Gasteiger partial charge on any atom is 0.320 e. The number of aliphatic hydroxyl groups excluding tert-OH is 1. The highest BCUT2D eigenvalue weighted by Crippen LogP contribution is 2.58. The predicted molar refractivity (Wildman–Crippen MR) is 119 cm³/mol. The van der Waals surface area contributed by atoms with Crippen LogP contribution >= 0.6 is 0 Å². The summed E-state index contributed by atoms with van der Waals surface area (Å²) in [6.45, 7) is 2.25. The summed E-state index contributed by atoms with van der Waals surface area (Å²) < 4.78 is 4.66. The van der Waals surface area contributed by atoms with E-state index in [0.29, 0.717) is 18.3 Å². The molecule has 2 aliphatic carbocycles. The highest BCUT2D eigenvalue weighted by Gasteiger charge is 2.81. The summed E-state index contributed by atoms with van der Waals surface area (Å²) in [5, 5.41) is 29.5. The van der Waals surface area contributed by atoms with Gasteiger partial charge < -0.3 is 20.1 Å². The molecular formula is C25H42O5. The minimum Gasteiger partial charge on any atom is -0.468 e. The average Bonchev–Trinajstić information content (AvgIpc) is 3.02. The Morgan fingerprint density at radius 3 is 2.40 bits per heavy atom. The van der Waals surface area contributed by atoms with Gasteiger partial charge in [-0.1, -0.05) is 69.8 Å². The molecule has 2 saturated carbocycles. The van der Waals surface area contributed by atoms with Gasteiger partial charge in [-0.05, 0) is 56.8 Å². The van der Waals surface area contributed by atoms with E-state index in [9.17, 15) is 20.1 Å². The van der Waals surface area contributed by atoms with Crippen LogP contribution < -0.4 is 0 Å². The maximum atomic E-state index is 11.9. The van der Waals surface area contributed by atoms with Crippen molar-refractivity contribution >= 4 is 5.97 Å². The highest BCUT2D eigenvalue weighted by atomic mass is 16.6. The van der Waals surface area contributed by atoms with E-state index in [0.717, 1.165) is 6.42 Å². The molecule has 2 aliphatic rings. The fourth-order valence-corrected chi connectivity index (χ4v) is 4.97. The number of rotatable bonds is 14. The van der Waals surface area contributed by atoms with E-state index in [4.69, 9.17) is 0 Å². The molecular weight excluding hydrogens is 380 g/mol. The molecule has 0 aliphatic heterocycles. The lowest BCUT2D eigenvalue weighted by Gasteiger charge is -2.15. The minimum absolute atomic E-state index is 0.163. The first kappa shape index (κ1) is 25.1. The Kier molecular flexibility index (Phi) is 10.1. The van der Waals surface area contributed by atoms with Crippen molar-refractivity contribution < 1.29 is 24.9 Å². The van der Waals surface area contributed by atoms with Crippen molar-refractivity contribution in [3.05, 3.63) is 24.3 Å². The molecule has 0 aromatic heterocycles. The molecule has 0 radical (unpaired) electrons. The van der Waals surface area contributed by atoms with Crippen molar-refractivity contribution in [2.75, 3.05) is 7.11 Å². The van der Waals surface area contributed by atoms with Gasteiger partial charge in [-0.3, -0.25) is 4.79 Å². The second-order valence-corrected chi connectivity index (χ2v) is 9.18. The third-order valence-electron chi connectivity index (χ3n) is 7.11. The van der Waals surface area contributed by atoms with Gasteiger partial charge in [0.25, 0.3) is 0 Å². The molecule has 3 N–H and O–H groups in total. The zero-order valence-corrected chi connectivity index (χ0v) is 18.9. The Bertz CT molecular complexity index is 582. The Morgan fingerprint density at radius 2 is 1.73 bits per heavy atom. The van der Waals surface area contributed by atoms with E-state index in [1.807, 2.05) is 6.08 Å². The Balaban J connectivity index is 1.68. The van der Waals surface area contributed by atoms with Gasteiger partial charge in [0.15, 0.2) is 5.41 Å². The molecule has 0 aromatic carbocycles. The standard InChI is InChI=1S/C25H42O5/c1-3-4-5-6-7-8-9-11-15-20-17-14-18-21(20)16-12-10-13-19-24(23(27)30-2)22(26)25(24,28)29/h10-12,15,20-22,26,28-29H,3-9,13-14,16-19H2,1-2H3/t20-,21-,22?,24?/m0/s1. The SMILES string of the molecule is CCCCCCCCC=C[C@H]1CCC[C@@H]1CC=CCCC1(C(=O)OC)C(O)C1(O)O. The van der Waals surface area contributed by atoms with E-state index >= 15 is 0 Å². The molecule has 0 heterocycles. The van der Waals surface area contributed by atoms with Crippen LogP contribution in [0.25, 0.3) is 0 Å². The van der Waals surface area contributed by atoms with Crippen molar-refractivity contribution in [3.8, 4) is 0 Å². The molecule has 2 fully saturated rings. The monoisotopic (exact) mass is 422 g/mol. The lowest BCUT2D eigenvalue weighted by atomic mass is 9.91. The van der Waals surface area contributed by atoms with Crippen LogP contribution in [0, 0.1) is 17.3 Å². The van der Waals surface area contributed by atoms with Crippen LogP contribution in [-0.4, -0.2) is 40.3 Å².